The molecule has 4 nitrogen and oxygen atoms in total. The molecule has 0 spiro atoms. The number of thiophene rings is 1. The molecular weight excluding hydrogens is 374 g/mol. The van der Waals surface area contributed by atoms with Gasteiger partial charge in [0.2, 0.25) is 10.0 Å². The maximum atomic E-state index is 12.4. The van der Waals surface area contributed by atoms with E-state index in [0.717, 1.165) is 9.75 Å². The molecule has 1 N–H and O–H groups in total. The van der Waals surface area contributed by atoms with Gasteiger partial charge in [0.05, 0.1) is 22.5 Å². The molecule has 0 aliphatic carbocycles. The van der Waals surface area contributed by atoms with Gasteiger partial charge in [-0.3, -0.25) is 0 Å². The molecule has 2 rings (SSSR count). The Kier molecular flexibility index (Phi) is 5.08. The van der Waals surface area contributed by atoms with Crippen molar-refractivity contribution < 1.29 is 13.2 Å². The zero-order valence-corrected chi connectivity index (χ0v) is 15.1. The van der Waals surface area contributed by atoms with Crippen molar-refractivity contribution in [3.63, 3.8) is 0 Å². The molecule has 0 radical (unpaired) electrons. The summed E-state index contributed by atoms with van der Waals surface area (Å²) in [5, 5.41) is 0. The van der Waals surface area contributed by atoms with Crippen molar-refractivity contribution >= 4 is 37.3 Å². The minimum atomic E-state index is -3.57. The Morgan fingerprint density at radius 2 is 2.00 bits per heavy atom. The van der Waals surface area contributed by atoms with Crippen LogP contribution in [0.2, 0.25) is 0 Å². The van der Waals surface area contributed by atoms with E-state index in [9.17, 15) is 8.42 Å². The fraction of sp³-hybridized carbons (Fsp3) is 0.286. The van der Waals surface area contributed by atoms with Crippen molar-refractivity contribution in [2.75, 3.05) is 7.11 Å². The molecule has 0 saturated carbocycles. The molecule has 114 valence electrons. The quantitative estimate of drug-likeness (QED) is 0.844. The Morgan fingerprint density at radius 1 is 1.29 bits per heavy atom. The van der Waals surface area contributed by atoms with Crippen LogP contribution in [-0.4, -0.2) is 15.5 Å². The predicted octanol–water partition coefficient (Wildman–Crippen LogP) is 3.87. The van der Waals surface area contributed by atoms with Gasteiger partial charge in [0.1, 0.15) is 5.75 Å². The van der Waals surface area contributed by atoms with E-state index in [4.69, 9.17) is 4.74 Å². The zero-order valence-electron chi connectivity index (χ0n) is 11.9. The molecule has 0 aliphatic heterocycles. The van der Waals surface area contributed by atoms with Gasteiger partial charge < -0.3 is 4.74 Å². The highest BCUT2D eigenvalue weighted by atomic mass is 79.9. The number of methoxy groups -OCH3 is 1. The number of aryl methyl sites for hydroxylation is 1. The lowest BCUT2D eigenvalue weighted by Crippen LogP contribution is -2.26. The van der Waals surface area contributed by atoms with Gasteiger partial charge in [0.15, 0.2) is 0 Å². The highest BCUT2D eigenvalue weighted by Crippen LogP contribution is 2.29. The Hall–Kier alpha value is -0.890. The van der Waals surface area contributed by atoms with E-state index in [1.54, 1.807) is 17.4 Å². The number of ether oxygens (including phenoxy) is 1. The van der Waals surface area contributed by atoms with Crippen LogP contribution in [0.3, 0.4) is 0 Å². The predicted molar refractivity (Wildman–Crippen MR) is 88.5 cm³/mol. The number of halogens is 1. The molecule has 1 aromatic heterocycles. The van der Waals surface area contributed by atoms with E-state index in [-0.39, 0.29) is 10.9 Å². The molecule has 0 fully saturated rings. The third-order valence-corrected chi connectivity index (χ3v) is 6.29. The summed E-state index contributed by atoms with van der Waals surface area (Å²) >= 11 is 4.88. The summed E-state index contributed by atoms with van der Waals surface area (Å²) < 4.78 is 33.2. The average Bonchev–Trinajstić information content (AvgIpc) is 2.85. The van der Waals surface area contributed by atoms with Crippen LogP contribution in [0.25, 0.3) is 0 Å². The van der Waals surface area contributed by atoms with E-state index in [1.165, 1.54) is 19.2 Å². The fourth-order valence-electron chi connectivity index (χ4n) is 1.86. The van der Waals surface area contributed by atoms with Gasteiger partial charge in [-0.2, -0.15) is 0 Å². The van der Waals surface area contributed by atoms with Crippen LogP contribution in [0.15, 0.2) is 39.7 Å². The largest absolute Gasteiger partial charge is 0.496 e. The van der Waals surface area contributed by atoms with Gasteiger partial charge in [-0.05, 0) is 60.1 Å². The minimum Gasteiger partial charge on any atom is -0.496 e. The van der Waals surface area contributed by atoms with E-state index in [1.807, 2.05) is 26.0 Å². The summed E-state index contributed by atoms with van der Waals surface area (Å²) in [7, 11) is -2.04. The first kappa shape index (κ1) is 16.5. The van der Waals surface area contributed by atoms with Crippen LogP contribution < -0.4 is 9.46 Å². The summed E-state index contributed by atoms with van der Waals surface area (Å²) in [6.07, 6.45) is 0. The summed E-state index contributed by atoms with van der Waals surface area (Å²) in [6, 6.07) is 8.34. The molecule has 0 aliphatic rings. The molecule has 1 atom stereocenters. The molecule has 1 heterocycles. The SMILES string of the molecule is COc1ccc(S(=O)(=O)NC(C)c2ccc(C)s2)cc1Br. The molecule has 0 amide bonds. The van der Waals surface area contributed by atoms with Gasteiger partial charge >= 0.3 is 0 Å². The van der Waals surface area contributed by atoms with Crippen molar-refractivity contribution in [3.05, 3.63) is 44.6 Å². The molecule has 1 aromatic carbocycles. The Bertz CT molecular complexity index is 740. The highest BCUT2D eigenvalue weighted by molar-refractivity contribution is 9.10. The highest BCUT2D eigenvalue weighted by Gasteiger charge is 2.20. The number of nitrogens with one attached hydrogen (secondary N) is 1. The van der Waals surface area contributed by atoms with Crippen LogP contribution in [0.4, 0.5) is 0 Å². The molecule has 0 saturated heterocycles. The topological polar surface area (TPSA) is 55.4 Å². The zero-order chi connectivity index (χ0) is 15.6. The van der Waals surface area contributed by atoms with E-state index in [0.29, 0.717) is 10.2 Å². The fourth-order valence-corrected chi connectivity index (χ4v) is 4.75. The number of rotatable bonds is 5. The van der Waals surface area contributed by atoms with Gasteiger partial charge in [-0.1, -0.05) is 0 Å². The minimum absolute atomic E-state index is 0.204. The third-order valence-electron chi connectivity index (χ3n) is 2.95. The number of sulfonamides is 1. The molecule has 7 heteroatoms. The van der Waals surface area contributed by atoms with Crippen LogP contribution in [-0.2, 0) is 10.0 Å². The summed E-state index contributed by atoms with van der Waals surface area (Å²) in [4.78, 5) is 2.35. The Morgan fingerprint density at radius 3 is 2.52 bits per heavy atom. The normalized spacial score (nSPS) is 13.1. The monoisotopic (exact) mass is 389 g/mol. The van der Waals surface area contributed by atoms with Crippen molar-refractivity contribution in [3.8, 4) is 5.75 Å². The first-order chi connectivity index (χ1) is 9.83. The van der Waals surface area contributed by atoms with Gasteiger partial charge in [0.25, 0.3) is 0 Å². The van der Waals surface area contributed by atoms with Crippen LogP contribution in [0.1, 0.15) is 22.7 Å². The first-order valence-corrected chi connectivity index (χ1v) is 9.35. The second-order valence-corrected chi connectivity index (χ2v) is 8.48. The van der Waals surface area contributed by atoms with E-state index in [2.05, 4.69) is 20.7 Å². The van der Waals surface area contributed by atoms with Crippen LogP contribution >= 0.6 is 27.3 Å². The maximum Gasteiger partial charge on any atom is 0.241 e. The van der Waals surface area contributed by atoms with E-state index < -0.39 is 10.0 Å². The van der Waals surface area contributed by atoms with Crippen LogP contribution in [0.5, 0.6) is 5.75 Å². The second kappa shape index (κ2) is 6.48. The maximum absolute atomic E-state index is 12.4. The molecule has 2 aromatic rings. The van der Waals surface area contributed by atoms with Crippen molar-refractivity contribution in [2.45, 2.75) is 24.8 Å². The summed E-state index contributed by atoms with van der Waals surface area (Å²) in [5.74, 6) is 0.593. The third kappa shape index (κ3) is 3.85. The Labute approximate surface area is 137 Å². The lowest BCUT2D eigenvalue weighted by molar-refractivity contribution is 0.411. The molecule has 0 bridgehead atoms. The molecular formula is C14H16BrNO3S2. The summed E-state index contributed by atoms with van der Waals surface area (Å²) in [5.41, 5.74) is 0. The van der Waals surface area contributed by atoms with Crippen molar-refractivity contribution in [1.82, 2.24) is 4.72 Å². The average molecular weight is 390 g/mol. The standard InChI is InChI=1S/C14H16BrNO3S2/c1-9-4-7-14(20-9)10(2)16-21(17,18)11-5-6-13(19-3)12(15)8-11/h4-8,10,16H,1-3H3. The van der Waals surface area contributed by atoms with E-state index >= 15 is 0 Å². The van der Waals surface area contributed by atoms with Crippen molar-refractivity contribution in [2.24, 2.45) is 0 Å². The lowest BCUT2D eigenvalue weighted by atomic mass is 10.3. The molecule has 21 heavy (non-hydrogen) atoms. The summed E-state index contributed by atoms with van der Waals surface area (Å²) in [6.45, 7) is 3.83. The number of hydrogen-bond donors (Lipinski definition) is 1. The van der Waals surface area contributed by atoms with Gasteiger partial charge in [-0.15, -0.1) is 11.3 Å². The first-order valence-electron chi connectivity index (χ1n) is 6.25. The van der Waals surface area contributed by atoms with Gasteiger partial charge in [0, 0.05) is 9.75 Å². The second-order valence-electron chi connectivity index (χ2n) is 4.59. The lowest BCUT2D eigenvalue weighted by Gasteiger charge is -2.13. The number of hydrogen-bond acceptors (Lipinski definition) is 4. The number of benzene rings is 1. The Balaban J connectivity index is 2.24. The van der Waals surface area contributed by atoms with Crippen LogP contribution in [0, 0.1) is 6.92 Å². The molecule has 1 unspecified atom stereocenters. The van der Waals surface area contributed by atoms with Gasteiger partial charge in [-0.25, -0.2) is 13.1 Å². The van der Waals surface area contributed by atoms with Crippen molar-refractivity contribution in [1.29, 1.82) is 0 Å². The smallest absolute Gasteiger partial charge is 0.241 e.